The highest BCUT2D eigenvalue weighted by Gasteiger charge is 2.10. The first-order valence-corrected chi connectivity index (χ1v) is 5.23. The molecule has 0 heterocycles. The molecule has 1 aromatic carbocycles. The van der Waals surface area contributed by atoms with Crippen LogP contribution in [0.5, 0.6) is 0 Å². The van der Waals surface area contributed by atoms with Gasteiger partial charge in [-0.05, 0) is 25.1 Å². The molecule has 1 aromatic rings. The third kappa shape index (κ3) is 3.79. The average Bonchev–Trinajstić information content (AvgIpc) is 2.42. The number of anilines is 1. The van der Waals surface area contributed by atoms with E-state index >= 15 is 0 Å². The third-order valence-electron chi connectivity index (χ3n) is 1.98. The minimum atomic E-state index is -0.674. The van der Waals surface area contributed by atoms with Crippen molar-refractivity contribution in [1.82, 2.24) is 0 Å². The molecule has 19 heavy (non-hydrogen) atoms. The van der Waals surface area contributed by atoms with Crippen molar-refractivity contribution in [2.24, 2.45) is 5.10 Å². The smallest absolute Gasteiger partial charge is 0.338 e. The molecule has 0 amide bonds. The molecule has 0 fully saturated rings. The van der Waals surface area contributed by atoms with Crippen molar-refractivity contribution in [3.05, 3.63) is 29.6 Å². The second-order valence-electron chi connectivity index (χ2n) is 3.21. The number of hydrogen-bond donors (Lipinski definition) is 1. The zero-order valence-electron chi connectivity index (χ0n) is 9.98. The molecule has 0 saturated heterocycles. The molecular formula is C12H9FN4O2. The van der Waals surface area contributed by atoms with Crippen LogP contribution in [-0.4, -0.2) is 18.3 Å². The molecule has 0 unspecified atom stereocenters. The van der Waals surface area contributed by atoms with E-state index in [4.69, 9.17) is 15.3 Å². The molecule has 0 aliphatic heterocycles. The van der Waals surface area contributed by atoms with Crippen LogP contribution in [0.2, 0.25) is 0 Å². The summed E-state index contributed by atoms with van der Waals surface area (Å²) in [6, 6.07) is 6.53. The van der Waals surface area contributed by atoms with Crippen molar-refractivity contribution in [2.45, 2.75) is 6.92 Å². The summed E-state index contributed by atoms with van der Waals surface area (Å²) in [4.78, 5) is 11.4. The van der Waals surface area contributed by atoms with E-state index < -0.39 is 17.5 Å². The monoisotopic (exact) mass is 260 g/mol. The zero-order chi connectivity index (χ0) is 14.3. The number of carbonyl (C=O) groups excluding carboxylic acids is 1. The number of benzene rings is 1. The van der Waals surface area contributed by atoms with Crippen LogP contribution in [0.3, 0.4) is 0 Å². The van der Waals surface area contributed by atoms with E-state index in [0.29, 0.717) is 0 Å². The molecule has 0 radical (unpaired) electrons. The van der Waals surface area contributed by atoms with Gasteiger partial charge in [0.1, 0.15) is 18.0 Å². The summed E-state index contributed by atoms with van der Waals surface area (Å²) in [5, 5.41) is 20.3. The van der Waals surface area contributed by atoms with Crippen LogP contribution < -0.4 is 5.43 Å². The van der Waals surface area contributed by atoms with E-state index in [-0.39, 0.29) is 17.9 Å². The fourth-order valence-corrected chi connectivity index (χ4v) is 1.14. The van der Waals surface area contributed by atoms with Gasteiger partial charge < -0.3 is 4.74 Å². The SMILES string of the molecule is CCOC(=O)c1ccc(F)c(NN=C(C#N)C#N)c1. The normalized spacial score (nSPS) is 8.84. The summed E-state index contributed by atoms with van der Waals surface area (Å²) >= 11 is 0. The van der Waals surface area contributed by atoms with Crippen LogP contribution in [0.25, 0.3) is 0 Å². The first-order chi connectivity index (χ1) is 9.12. The maximum Gasteiger partial charge on any atom is 0.338 e. The quantitative estimate of drug-likeness (QED) is 0.505. The van der Waals surface area contributed by atoms with E-state index in [1.807, 2.05) is 0 Å². The van der Waals surface area contributed by atoms with Gasteiger partial charge in [0.15, 0.2) is 0 Å². The summed E-state index contributed by atoms with van der Waals surface area (Å²) in [5.41, 5.74) is 1.76. The number of hydrogen-bond acceptors (Lipinski definition) is 6. The van der Waals surface area contributed by atoms with E-state index in [1.54, 1.807) is 6.92 Å². The molecule has 0 aliphatic carbocycles. The Hall–Kier alpha value is -2.93. The molecule has 0 aliphatic rings. The average molecular weight is 260 g/mol. The van der Waals surface area contributed by atoms with Crippen molar-refractivity contribution >= 4 is 17.4 Å². The lowest BCUT2D eigenvalue weighted by Gasteiger charge is -2.05. The summed E-state index contributed by atoms with van der Waals surface area (Å²) in [6.45, 7) is 1.85. The molecule has 6 nitrogen and oxygen atoms in total. The number of rotatable bonds is 4. The van der Waals surface area contributed by atoms with E-state index in [0.717, 1.165) is 6.07 Å². The van der Waals surface area contributed by atoms with E-state index in [2.05, 4.69) is 10.5 Å². The summed E-state index contributed by atoms with van der Waals surface area (Å²) in [6.07, 6.45) is 0. The summed E-state index contributed by atoms with van der Waals surface area (Å²) < 4.78 is 18.2. The standard InChI is InChI=1S/C12H9FN4O2/c1-2-19-12(18)8-3-4-10(13)11(5-8)17-16-9(6-14)7-15/h3-5,17H,2H2,1H3. The topological polar surface area (TPSA) is 98.3 Å². The van der Waals surface area contributed by atoms with Crippen LogP contribution in [0.1, 0.15) is 17.3 Å². The lowest BCUT2D eigenvalue weighted by atomic mass is 10.2. The minimum absolute atomic E-state index is 0.131. The van der Waals surface area contributed by atoms with Crippen LogP contribution in [0, 0.1) is 28.5 Å². The predicted molar refractivity (Wildman–Crippen MR) is 64.6 cm³/mol. The number of nitriles is 2. The second kappa shape index (κ2) is 6.72. The Labute approximate surface area is 108 Å². The van der Waals surface area contributed by atoms with Crippen LogP contribution in [0.4, 0.5) is 10.1 Å². The largest absolute Gasteiger partial charge is 0.462 e. The summed E-state index contributed by atoms with van der Waals surface area (Å²) in [7, 11) is 0. The van der Waals surface area contributed by atoms with Crippen molar-refractivity contribution in [2.75, 3.05) is 12.0 Å². The van der Waals surface area contributed by atoms with Gasteiger partial charge in [-0.3, -0.25) is 5.43 Å². The van der Waals surface area contributed by atoms with Gasteiger partial charge in [-0.1, -0.05) is 0 Å². The predicted octanol–water partition coefficient (Wildman–Crippen LogP) is 1.82. The van der Waals surface area contributed by atoms with Crippen LogP contribution in [0.15, 0.2) is 23.3 Å². The van der Waals surface area contributed by atoms with Gasteiger partial charge >= 0.3 is 5.97 Å². The first kappa shape index (κ1) is 14.1. The lowest BCUT2D eigenvalue weighted by Crippen LogP contribution is -2.06. The highest BCUT2D eigenvalue weighted by atomic mass is 19.1. The number of carbonyl (C=O) groups is 1. The Morgan fingerprint density at radius 3 is 2.74 bits per heavy atom. The maximum absolute atomic E-state index is 13.4. The fraction of sp³-hybridized carbons (Fsp3) is 0.167. The van der Waals surface area contributed by atoms with Crippen molar-refractivity contribution in [3.63, 3.8) is 0 Å². The Balaban J connectivity index is 2.99. The number of ether oxygens (including phenoxy) is 1. The van der Waals surface area contributed by atoms with E-state index in [1.165, 1.54) is 24.3 Å². The Morgan fingerprint density at radius 1 is 1.47 bits per heavy atom. The fourth-order valence-electron chi connectivity index (χ4n) is 1.14. The Kier molecular flexibility index (Phi) is 5.00. The van der Waals surface area contributed by atoms with Crippen LogP contribution in [-0.2, 0) is 4.74 Å². The Bertz CT molecular complexity index is 583. The molecule has 0 atom stereocenters. The van der Waals surface area contributed by atoms with Crippen molar-refractivity contribution in [1.29, 1.82) is 10.5 Å². The summed E-state index contributed by atoms with van der Waals surface area (Å²) in [5.74, 6) is -1.28. The van der Waals surface area contributed by atoms with Crippen molar-refractivity contribution < 1.29 is 13.9 Å². The molecule has 1 rings (SSSR count). The molecular weight excluding hydrogens is 251 g/mol. The lowest BCUT2D eigenvalue weighted by molar-refractivity contribution is 0.0526. The molecule has 1 N–H and O–H groups in total. The van der Waals surface area contributed by atoms with Gasteiger partial charge in [0.05, 0.1) is 17.9 Å². The van der Waals surface area contributed by atoms with Gasteiger partial charge in [0, 0.05) is 0 Å². The molecule has 0 aromatic heterocycles. The highest BCUT2D eigenvalue weighted by molar-refractivity contribution is 6.10. The third-order valence-corrected chi connectivity index (χ3v) is 1.98. The van der Waals surface area contributed by atoms with Gasteiger partial charge in [-0.25, -0.2) is 9.18 Å². The van der Waals surface area contributed by atoms with Crippen molar-refractivity contribution in [3.8, 4) is 12.1 Å². The number of nitrogens with one attached hydrogen (secondary N) is 1. The Morgan fingerprint density at radius 2 is 2.16 bits per heavy atom. The number of halogens is 1. The second-order valence-corrected chi connectivity index (χ2v) is 3.21. The van der Waals surface area contributed by atoms with Gasteiger partial charge in [0.25, 0.3) is 0 Å². The number of esters is 1. The molecule has 0 saturated carbocycles. The zero-order valence-corrected chi connectivity index (χ0v) is 9.98. The molecule has 0 spiro atoms. The van der Waals surface area contributed by atoms with Gasteiger partial charge in [-0.15, -0.1) is 0 Å². The number of hydrazone groups is 1. The van der Waals surface area contributed by atoms with Gasteiger partial charge in [0.2, 0.25) is 5.71 Å². The number of nitrogens with zero attached hydrogens (tertiary/aromatic N) is 3. The molecule has 96 valence electrons. The van der Waals surface area contributed by atoms with Crippen LogP contribution >= 0.6 is 0 Å². The van der Waals surface area contributed by atoms with Gasteiger partial charge in [-0.2, -0.15) is 15.6 Å². The minimum Gasteiger partial charge on any atom is -0.462 e. The first-order valence-electron chi connectivity index (χ1n) is 5.23. The van der Waals surface area contributed by atoms with E-state index in [9.17, 15) is 9.18 Å². The maximum atomic E-state index is 13.4. The highest BCUT2D eigenvalue weighted by Crippen LogP contribution is 2.17. The molecule has 0 bridgehead atoms. The molecule has 7 heteroatoms.